The first-order valence-corrected chi connectivity index (χ1v) is 11.4. The molecule has 2 fully saturated rings. The van der Waals surface area contributed by atoms with Crippen molar-refractivity contribution in [2.45, 2.75) is 38.1 Å². The number of rotatable bonds is 6. The first-order valence-electron chi connectivity index (χ1n) is 9.79. The fourth-order valence-electron chi connectivity index (χ4n) is 4.15. The van der Waals surface area contributed by atoms with E-state index < -0.39 is 10.0 Å². The highest BCUT2D eigenvalue weighted by molar-refractivity contribution is 7.89. The lowest BCUT2D eigenvalue weighted by atomic mass is 9.91. The predicted molar refractivity (Wildman–Crippen MR) is 105 cm³/mol. The van der Waals surface area contributed by atoms with Crippen LogP contribution in [0.5, 0.6) is 5.75 Å². The largest absolute Gasteiger partial charge is 0.497 e. The van der Waals surface area contributed by atoms with E-state index in [1.165, 1.54) is 6.42 Å². The second-order valence-electron chi connectivity index (χ2n) is 7.52. The fraction of sp³-hybridized carbons (Fsp3) is 0.650. The summed E-state index contributed by atoms with van der Waals surface area (Å²) in [7, 11) is -1.59. The Kier molecular flexibility index (Phi) is 6.74. The average Bonchev–Trinajstić information content (AvgIpc) is 2.70. The number of sulfonamides is 1. The fourth-order valence-corrected chi connectivity index (χ4v) is 6.01. The maximum Gasteiger partial charge on any atom is 0.214 e. The molecule has 27 heavy (non-hydrogen) atoms. The van der Waals surface area contributed by atoms with Crippen molar-refractivity contribution in [3.05, 3.63) is 29.8 Å². The highest BCUT2D eigenvalue weighted by Crippen LogP contribution is 2.27. The van der Waals surface area contributed by atoms with Gasteiger partial charge in [0.2, 0.25) is 10.0 Å². The van der Waals surface area contributed by atoms with Crippen molar-refractivity contribution in [3.63, 3.8) is 0 Å². The van der Waals surface area contributed by atoms with Gasteiger partial charge in [0.25, 0.3) is 0 Å². The van der Waals surface area contributed by atoms with Crippen LogP contribution in [0.1, 0.15) is 43.7 Å². The van der Waals surface area contributed by atoms with E-state index in [0.29, 0.717) is 32.1 Å². The molecular weight excluding hydrogens is 362 g/mol. The summed E-state index contributed by atoms with van der Waals surface area (Å²) >= 11 is 0. The Balaban J connectivity index is 1.58. The zero-order chi connectivity index (χ0) is 19.3. The van der Waals surface area contributed by atoms with Crippen LogP contribution < -0.4 is 4.74 Å². The molecule has 1 heterocycles. The molecule has 1 unspecified atom stereocenters. The Labute approximate surface area is 162 Å². The number of ether oxygens (including phenoxy) is 1. The van der Waals surface area contributed by atoms with Gasteiger partial charge in [0.1, 0.15) is 11.8 Å². The van der Waals surface area contributed by atoms with Crippen molar-refractivity contribution in [3.8, 4) is 11.8 Å². The van der Waals surface area contributed by atoms with Crippen molar-refractivity contribution in [1.82, 2.24) is 9.21 Å². The van der Waals surface area contributed by atoms with Gasteiger partial charge in [-0.15, -0.1) is 0 Å². The summed E-state index contributed by atoms with van der Waals surface area (Å²) in [5.41, 5.74) is 0.914. The van der Waals surface area contributed by atoms with E-state index in [1.807, 2.05) is 24.3 Å². The lowest BCUT2D eigenvalue weighted by Gasteiger charge is -2.37. The number of nitriles is 1. The molecule has 1 aromatic carbocycles. The van der Waals surface area contributed by atoms with E-state index in [1.54, 1.807) is 11.4 Å². The molecule has 0 N–H and O–H groups in total. The van der Waals surface area contributed by atoms with Gasteiger partial charge in [0, 0.05) is 26.2 Å². The van der Waals surface area contributed by atoms with Gasteiger partial charge in [-0.1, -0.05) is 31.4 Å². The van der Waals surface area contributed by atoms with Crippen LogP contribution in [0, 0.1) is 17.2 Å². The lowest BCUT2D eigenvalue weighted by molar-refractivity contribution is 0.162. The molecule has 0 spiro atoms. The highest BCUT2D eigenvalue weighted by Gasteiger charge is 2.32. The molecule has 2 aliphatic rings. The number of nitrogens with zero attached hydrogens (tertiary/aromatic N) is 3. The summed E-state index contributed by atoms with van der Waals surface area (Å²) in [5, 5.41) is 9.65. The first kappa shape index (κ1) is 20.1. The maximum atomic E-state index is 12.8. The summed E-state index contributed by atoms with van der Waals surface area (Å²) in [6.07, 6.45) is 5.61. The van der Waals surface area contributed by atoms with Crippen LogP contribution >= 0.6 is 0 Å². The maximum absolute atomic E-state index is 12.8. The monoisotopic (exact) mass is 391 g/mol. The summed E-state index contributed by atoms with van der Waals surface area (Å²) in [6.45, 7) is 2.08. The molecule has 1 atom stereocenters. The van der Waals surface area contributed by atoms with Crippen LogP contribution in [0.2, 0.25) is 0 Å². The van der Waals surface area contributed by atoms with Crippen molar-refractivity contribution in [2.75, 3.05) is 39.0 Å². The third-order valence-corrected chi connectivity index (χ3v) is 7.80. The average molecular weight is 392 g/mol. The van der Waals surface area contributed by atoms with E-state index in [-0.39, 0.29) is 11.8 Å². The number of hydrogen-bond donors (Lipinski definition) is 0. The molecular formula is C20H29N3O3S. The minimum absolute atomic E-state index is 0.285. The number of benzene rings is 1. The summed E-state index contributed by atoms with van der Waals surface area (Å²) in [4.78, 5) is 2.06. The molecule has 1 aromatic rings. The SMILES string of the molecule is COc1ccc(C(C#N)N2CCN(S(=O)(=O)CC3CCCCC3)CC2)cc1. The van der Waals surface area contributed by atoms with E-state index in [4.69, 9.17) is 4.74 Å². The number of methoxy groups -OCH3 is 1. The Morgan fingerprint density at radius 3 is 2.30 bits per heavy atom. The van der Waals surface area contributed by atoms with Gasteiger partial charge in [0.15, 0.2) is 0 Å². The van der Waals surface area contributed by atoms with E-state index >= 15 is 0 Å². The Morgan fingerprint density at radius 1 is 1.11 bits per heavy atom. The zero-order valence-electron chi connectivity index (χ0n) is 16.0. The standard InChI is InChI=1S/C20H29N3O3S/c1-26-19-9-7-18(8-10-19)20(15-21)22-11-13-23(14-12-22)27(24,25)16-17-5-3-2-4-6-17/h7-10,17,20H,2-6,11-14,16H2,1H3. The van der Waals surface area contributed by atoms with Gasteiger partial charge >= 0.3 is 0 Å². The molecule has 1 aliphatic heterocycles. The second kappa shape index (κ2) is 9.05. The summed E-state index contributed by atoms with van der Waals surface area (Å²) in [6, 6.07) is 9.51. The minimum atomic E-state index is -3.21. The molecule has 6 nitrogen and oxygen atoms in total. The van der Waals surface area contributed by atoms with Crippen molar-refractivity contribution < 1.29 is 13.2 Å². The van der Waals surface area contributed by atoms with Gasteiger partial charge in [-0.3, -0.25) is 4.90 Å². The van der Waals surface area contributed by atoms with Crippen LogP contribution in [0.15, 0.2) is 24.3 Å². The van der Waals surface area contributed by atoms with Crippen LogP contribution in [0.25, 0.3) is 0 Å². The van der Waals surface area contributed by atoms with Crippen molar-refractivity contribution in [2.24, 2.45) is 5.92 Å². The Morgan fingerprint density at radius 2 is 1.74 bits per heavy atom. The van der Waals surface area contributed by atoms with Crippen LogP contribution in [0.3, 0.4) is 0 Å². The van der Waals surface area contributed by atoms with Crippen molar-refractivity contribution in [1.29, 1.82) is 5.26 Å². The normalized spacial score (nSPS) is 21.5. The molecule has 1 saturated heterocycles. The molecule has 1 saturated carbocycles. The van der Waals surface area contributed by atoms with E-state index in [9.17, 15) is 13.7 Å². The van der Waals surface area contributed by atoms with Gasteiger partial charge in [-0.05, 0) is 36.5 Å². The summed E-state index contributed by atoms with van der Waals surface area (Å²) < 4.78 is 32.3. The molecule has 148 valence electrons. The zero-order valence-corrected chi connectivity index (χ0v) is 16.8. The third kappa shape index (κ3) is 5.01. The quantitative estimate of drug-likeness (QED) is 0.745. The molecule has 0 bridgehead atoms. The first-order chi connectivity index (χ1) is 13.0. The van der Waals surface area contributed by atoms with Gasteiger partial charge in [-0.25, -0.2) is 8.42 Å². The van der Waals surface area contributed by atoms with E-state index in [2.05, 4.69) is 11.0 Å². The van der Waals surface area contributed by atoms with Crippen LogP contribution in [-0.4, -0.2) is 56.7 Å². The molecule has 7 heteroatoms. The summed E-state index contributed by atoms with van der Waals surface area (Å²) in [5.74, 6) is 1.36. The van der Waals surface area contributed by atoms with Gasteiger partial charge < -0.3 is 4.74 Å². The smallest absolute Gasteiger partial charge is 0.214 e. The van der Waals surface area contributed by atoms with Gasteiger partial charge in [-0.2, -0.15) is 9.57 Å². The minimum Gasteiger partial charge on any atom is -0.497 e. The molecule has 0 amide bonds. The van der Waals surface area contributed by atoms with E-state index in [0.717, 1.165) is 37.0 Å². The van der Waals surface area contributed by atoms with Gasteiger partial charge in [0.05, 0.1) is 18.9 Å². The molecule has 0 radical (unpaired) electrons. The highest BCUT2D eigenvalue weighted by atomic mass is 32.2. The van der Waals surface area contributed by atoms with Crippen LogP contribution in [-0.2, 0) is 10.0 Å². The number of piperazine rings is 1. The topological polar surface area (TPSA) is 73.6 Å². The molecule has 1 aliphatic carbocycles. The Bertz CT molecular complexity index is 744. The Hall–Kier alpha value is -1.62. The lowest BCUT2D eigenvalue weighted by Crippen LogP contribution is -2.50. The van der Waals surface area contributed by atoms with Crippen molar-refractivity contribution >= 4 is 10.0 Å². The third-order valence-electron chi connectivity index (χ3n) is 5.76. The molecule has 3 rings (SSSR count). The predicted octanol–water partition coefficient (Wildman–Crippen LogP) is 2.79. The van der Waals surface area contributed by atoms with Crippen LogP contribution in [0.4, 0.5) is 0 Å². The molecule has 0 aromatic heterocycles. The second-order valence-corrected chi connectivity index (χ2v) is 9.54. The number of hydrogen-bond acceptors (Lipinski definition) is 5.